The number of aldehydes is 1. The summed E-state index contributed by atoms with van der Waals surface area (Å²) >= 11 is 0. The van der Waals surface area contributed by atoms with Crippen LogP contribution in [0.25, 0.3) is 21.5 Å². The number of carbonyl (C=O) groups is 1. The first-order valence-electron chi connectivity index (χ1n) is 11.5. The standard InChI is InChI=1S/C17H18O.C11H8O.C4H8/c1-3-11-17(18,12-4-2)16-10-9-14-7-5-6-8-15(14)13-16;12-8-9-5-6-10-3-1-2-4-11(10)7-9;1-3-4-2/h3-10,13,18H,1-2,11-12H2;1-8H;3H,1,4H2,2H3. The monoisotopic (exact) mass is 450 g/mol. The van der Waals surface area contributed by atoms with Crippen LogP contribution in [-0.2, 0) is 5.60 Å². The Morgan fingerprint density at radius 2 is 1.18 bits per heavy atom. The Labute approximate surface area is 203 Å². The third-order valence-corrected chi connectivity index (χ3v) is 5.45. The predicted octanol–water partition coefficient (Wildman–Crippen LogP) is 8.41. The lowest BCUT2D eigenvalue weighted by Crippen LogP contribution is -2.24. The van der Waals surface area contributed by atoms with E-state index in [0.29, 0.717) is 12.8 Å². The van der Waals surface area contributed by atoms with Crippen molar-refractivity contribution in [1.82, 2.24) is 0 Å². The van der Waals surface area contributed by atoms with E-state index in [4.69, 9.17) is 0 Å². The Hall–Kier alpha value is -3.75. The first-order valence-corrected chi connectivity index (χ1v) is 11.5. The molecule has 0 saturated heterocycles. The zero-order valence-corrected chi connectivity index (χ0v) is 20.0. The molecule has 0 aromatic heterocycles. The largest absolute Gasteiger partial charge is 0.385 e. The van der Waals surface area contributed by atoms with E-state index in [1.807, 2.05) is 78.9 Å². The van der Waals surface area contributed by atoms with Crippen LogP contribution in [0.1, 0.15) is 42.1 Å². The Morgan fingerprint density at radius 1 is 0.706 bits per heavy atom. The molecule has 0 aliphatic rings. The smallest absolute Gasteiger partial charge is 0.150 e. The summed E-state index contributed by atoms with van der Waals surface area (Å²) in [6.45, 7) is 13.0. The molecule has 0 fully saturated rings. The first kappa shape index (κ1) is 26.5. The van der Waals surface area contributed by atoms with Gasteiger partial charge in [-0.1, -0.05) is 97.9 Å². The van der Waals surface area contributed by atoms with E-state index in [0.717, 1.165) is 34.6 Å². The lowest BCUT2D eigenvalue weighted by atomic mass is 9.86. The van der Waals surface area contributed by atoms with Crippen LogP contribution >= 0.6 is 0 Å². The van der Waals surface area contributed by atoms with Gasteiger partial charge in [-0.15, -0.1) is 19.7 Å². The van der Waals surface area contributed by atoms with E-state index in [1.54, 1.807) is 12.2 Å². The van der Waals surface area contributed by atoms with Crippen molar-refractivity contribution in [3.05, 3.63) is 134 Å². The SMILES string of the molecule is C=CCC.C=CCC(O)(CC=C)c1ccc2ccccc2c1.O=Cc1ccc2ccccc2c1. The third-order valence-electron chi connectivity index (χ3n) is 5.45. The highest BCUT2D eigenvalue weighted by Crippen LogP contribution is 2.31. The fourth-order valence-electron chi connectivity index (χ4n) is 3.56. The van der Waals surface area contributed by atoms with Crippen LogP contribution in [0.5, 0.6) is 0 Å². The molecule has 174 valence electrons. The summed E-state index contributed by atoms with van der Waals surface area (Å²) in [4.78, 5) is 10.5. The van der Waals surface area contributed by atoms with E-state index >= 15 is 0 Å². The fourth-order valence-corrected chi connectivity index (χ4v) is 3.56. The molecule has 0 spiro atoms. The van der Waals surface area contributed by atoms with Crippen molar-refractivity contribution in [2.75, 3.05) is 0 Å². The van der Waals surface area contributed by atoms with Gasteiger partial charge in [0.15, 0.2) is 0 Å². The minimum Gasteiger partial charge on any atom is -0.385 e. The summed E-state index contributed by atoms with van der Waals surface area (Å²) in [5.41, 5.74) is 0.753. The molecule has 0 atom stereocenters. The van der Waals surface area contributed by atoms with Crippen LogP contribution in [0, 0.1) is 0 Å². The molecule has 0 aliphatic carbocycles. The van der Waals surface area contributed by atoms with Gasteiger partial charge < -0.3 is 5.11 Å². The van der Waals surface area contributed by atoms with Gasteiger partial charge in [-0.2, -0.15) is 0 Å². The highest BCUT2D eigenvalue weighted by atomic mass is 16.3. The summed E-state index contributed by atoms with van der Waals surface area (Å²) in [5, 5.41) is 15.3. The molecule has 4 aromatic rings. The van der Waals surface area contributed by atoms with E-state index in [1.165, 1.54) is 10.8 Å². The summed E-state index contributed by atoms with van der Waals surface area (Å²) in [5.74, 6) is 0. The Morgan fingerprint density at radius 3 is 1.65 bits per heavy atom. The second kappa shape index (κ2) is 13.7. The molecular weight excluding hydrogens is 416 g/mol. The number of hydrogen-bond donors (Lipinski definition) is 1. The van der Waals surface area contributed by atoms with Gasteiger partial charge >= 0.3 is 0 Å². The Bertz CT molecular complexity index is 1230. The first-order chi connectivity index (χ1) is 16.5. The minimum absolute atomic E-state index is 0.525. The van der Waals surface area contributed by atoms with Gasteiger partial charge in [-0.05, 0) is 58.5 Å². The summed E-state index contributed by atoms with van der Waals surface area (Å²) in [6.07, 6.45) is 8.37. The number of fused-ring (bicyclic) bond motifs is 2. The van der Waals surface area contributed by atoms with Crippen molar-refractivity contribution in [2.45, 2.75) is 31.8 Å². The van der Waals surface area contributed by atoms with Crippen molar-refractivity contribution in [3.8, 4) is 0 Å². The number of hydrogen-bond acceptors (Lipinski definition) is 2. The summed E-state index contributed by atoms with van der Waals surface area (Å²) < 4.78 is 0. The van der Waals surface area contributed by atoms with Gasteiger partial charge in [-0.3, -0.25) is 4.79 Å². The second-order valence-corrected chi connectivity index (χ2v) is 8.00. The fraction of sp³-hybridized carbons (Fsp3) is 0.156. The Balaban J connectivity index is 0.000000219. The lowest BCUT2D eigenvalue weighted by Gasteiger charge is -2.26. The summed E-state index contributed by atoms with van der Waals surface area (Å²) in [6, 6.07) is 27.9. The maximum atomic E-state index is 10.7. The molecule has 34 heavy (non-hydrogen) atoms. The van der Waals surface area contributed by atoms with Crippen LogP contribution in [0.4, 0.5) is 0 Å². The quantitative estimate of drug-likeness (QED) is 0.227. The van der Waals surface area contributed by atoms with Crippen molar-refractivity contribution >= 4 is 27.8 Å². The lowest BCUT2D eigenvalue weighted by molar-refractivity contribution is 0.0431. The van der Waals surface area contributed by atoms with E-state index in [2.05, 4.69) is 38.8 Å². The molecule has 0 aliphatic heterocycles. The van der Waals surface area contributed by atoms with Gasteiger partial charge in [0.05, 0.1) is 5.60 Å². The average molecular weight is 451 g/mol. The van der Waals surface area contributed by atoms with Crippen LogP contribution < -0.4 is 0 Å². The second-order valence-electron chi connectivity index (χ2n) is 8.00. The maximum Gasteiger partial charge on any atom is 0.150 e. The number of carbonyl (C=O) groups excluding carboxylic acids is 1. The van der Waals surface area contributed by atoms with Crippen molar-refractivity contribution < 1.29 is 9.90 Å². The van der Waals surface area contributed by atoms with E-state index < -0.39 is 5.60 Å². The van der Waals surface area contributed by atoms with Crippen LogP contribution in [0.15, 0.2) is 123 Å². The molecule has 0 amide bonds. The molecule has 0 unspecified atom stereocenters. The highest BCUT2D eigenvalue weighted by molar-refractivity contribution is 5.88. The molecule has 2 heteroatoms. The molecule has 0 saturated carbocycles. The highest BCUT2D eigenvalue weighted by Gasteiger charge is 2.26. The zero-order chi connectivity index (χ0) is 24.8. The molecule has 0 heterocycles. The van der Waals surface area contributed by atoms with Gasteiger partial charge in [0.25, 0.3) is 0 Å². The van der Waals surface area contributed by atoms with Crippen LogP contribution in [-0.4, -0.2) is 11.4 Å². The van der Waals surface area contributed by atoms with Crippen LogP contribution in [0.2, 0.25) is 0 Å². The van der Waals surface area contributed by atoms with E-state index in [-0.39, 0.29) is 0 Å². The van der Waals surface area contributed by atoms with Crippen molar-refractivity contribution in [2.24, 2.45) is 0 Å². The summed E-state index contributed by atoms with van der Waals surface area (Å²) in [7, 11) is 0. The third kappa shape index (κ3) is 7.40. The number of benzene rings is 4. The van der Waals surface area contributed by atoms with Crippen molar-refractivity contribution in [1.29, 1.82) is 0 Å². The molecule has 0 radical (unpaired) electrons. The van der Waals surface area contributed by atoms with Crippen LogP contribution in [0.3, 0.4) is 0 Å². The molecule has 4 rings (SSSR count). The predicted molar refractivity (Wildman–Crippen MR) is 147 cm³/mol. The minimum atomic E-state index is -0.895. The molecule has 2 nitrogen and oxygen atoms in total. The molecular formula is C32H34O2. The number of aliphatic hydroxyl groups is 1. The van der Waals surface area contributed by atoms with Gasteiger partial charge in [0, 0.05) is 5.56 Å². The topological polar surface area (TPSA) is 37.3 Å². The molecule has 4 aromatic carbocycles. The average Bonchev–Trinajstić information content (AvgIpc) is 2.89. The number of allylic oxidation sites excluding steroid dienone is 1. The normalized spacial score (nSPS) is 10.3. The Kier molecular flexibility index (Phi) is 10.7. The zero-order valence-electron chi connectivity index (χ0n) is 20.0. The maximum absolute atomic E-state index is 10.7. The molecule has 0 bridgehead atoms. The number of rotatable bonds is 7. The van der Waals surface area contributed by atoms with Gasteiger partial charge in [-0.25, -0.2) is 0 Å². The molecule has 1 N–H and O–H groups in total. The van der Waals surface area contributed by atoms with E-state index in [9.17, 15) is 9.90 Å². The van der Waals surface area contributed by atoms with Crippen molar-refractivity contribution in [3.63, 3.8) is 0 Å². The van der Waals surface area contributed by atoms with Gasteiger partial charge in [0.2, 0.25) is 0 Å². The van der Waals surface area contributed by atoms with Gasteiger partial charge in [0.1, 0.15) is 6.29 Å².